The van der Waals surface area contributed by atoms with Gasteiger partial charge in [0.15, 0.2) is 5.78 Å². The molecule has 0 heterocycles. The third-order valence-electron chi connectivity index (χ3n) is 2.00. The van der Waals surface area contributed by atoms with Crippen LogP contribution < -0.4 is 0 Å². The van der Waals surface area contributed by atoms with Gasteiger partial charge in [0.25, 0.3) is 0 Å². The summed E-state index contributed by atoms with van der Waals surface area (Å²) in [5.74, 6) is -0.907. The van der Waals surface area contributed by atoms with Crippen LogP contribution in [-0.4, -0.2) is 87.3 Å². The summed E-state index contributed by atoms with van der Waals surface area (Å²) in [5, 5.41) is 53.2. The molecule has 0 aliphatic carbocycles. The molecule has 0 aliphatic rings. The molecule has 0 fully saturated rings. The second-order valence-corrected chi connectivity index (χ2v) is 3.50. The van der Waals surface area contributed by atoms with Gasteiger partial charge in [-0.25, -0.2) is 0 Å². The summed E-state index contributed by atoms with van der Waals surface area (Å²) in [4.78, 5) is 11.2. The molecule has 6 N–H and O–H groups in total. The number of hydrogen-bond donors (Lipinski definition) is 6. The molecule has 8 heteroatoms. The van der Waals surface area contributed by atoms with Gasteiger partial charge in [-0.2, -0.15) is 0 Å². The third kappa shape index (κ3) is 6.03. The first-order chi connectivity index (χ1) is 7.93. The van der Waals surface area contributed by atoms with E-state index >= 15 is 0 Å². The topological polar surface area (TPSA) is 148 Å². The molecule has 0 bridgehead atoms. The Morgan fingerprint density at radius 3 is 2.12 bits per heavy atom. The van der Waals surface area contributed by atoms with Crippen molar-refractivity contribution in [3.8, 4) is 0 Å². The van der Waals surface area contributed by atoms with Gasteiger partial charge in [-0.3, -0.25) is 4.79 Å². The summed E-state index contributed by atoms with van der Waals surface area (Å²) in [5.41, 5.74) is 0. The minimum Gasteiger partial charge on any atom is -0.394 e. The number of aliphatic hydroxyl groups excluding tert-OH is 6. The van der Waals surface area contributed by atoms with Gasteiger partial charge in [-0.05, 0) is 0 Å². The molecule has 4 atom stereocenters. The van der Waals surface area contributed by atoms with Crippen molar-refractivity contribution in [3.63, 3.8) is 0 Å². The summed E-state index contributed by atoms with van der Waals surface area (Å²) in [7, 11) is 0. The van der Waals surface area contributed by atoms with Gasteiger partial charge in [0.1, 0.15) is 31.0 Å². The molecule has 0 aromatic heterocycles. The van der Waals surface area contributed by atoms with Crippen LogP contribution in [0, 0.1) is 0 Å². The van der Waals surface area contributed by atoms with Crippen LogP contribution in [-0.2, 0) is 9.53 Å². The lowest BCUT2D eigenvalue weighted by Gasteiger charge is -2.20. The van der Waals surface area contributed by atoms with E-state index in [1.165, 1.54) is 0 Å². The highest BCUT2D eigenvalue weighted by Gasteiger charge is 2.29. The number of carbonyl (C=O) groups excluding carboxylic acids is 1. The fourth-order valence-corrected chi connectivity index (χ4v) is 0.943. The van der Waals surface area contributed by atoms with Gasteiger partial charge in [0.05, 0.1) is 19.8 Å². The first-order valence-corrected chi connectivity index (χ1v) is 4.98. The van der Waals surface area contributed by atoms with Crippen molar-refractivity contribution in [3.05, 3.63) is 0 Å². The average molecular weight is 254 g/mol. The molecule has 0 rings (SSSR count). The lowest BCUT2D eigenvalue weighted by Crippen LogP contribution is -2.45. The minimum atomic E-state index is -1.89. The molecule has 4 unspecified atom stereocenters. The zero-order valence-electron chi connectivity index (χ0n) is 9.14. The number of rotatable bonds is 9. The molecule has 8 nitrogen and oxygen atoms in total. The summed E-state index contributed by atoms with van der Waals surface area (Å²) >= 11 is 0. The Morgan fingerprint density at radius 1 is 1.06 bits per heavy atom. The molecule has 0 amide bonds. The van der Waals surface area contributed by atoms with Crippen LogP contribution in [0.5, 0.6) is 0 Å². The summed E-state index contributed by atoms with van der Waals surface area (Å²) in [6.07, 6.45) is -6.45. The summed E-state index contributed by atoms with van der Waals surface area (Å²) in [6.45, 7) is -2.21. The van der Waals surface area contributed by atoms with Crippen LogP contribution in [0.15, 0.2) is 0 Å². The van der Waals surface area contributed by atoms with E-state index in [4.69, 9.17) is 20.4 Å². The van der Waals surface area contributed by atoms with E-state index < -0.39 is 50.0 Å². The maximum atomic E-state index is 11.2. The minimum absolute atomic E-state index is 0.298. The fourth-order valence-electron chi connectivity index (χ4n) is 0.943. The molecule has 0 aromatic rings. The first kappa shape index (κ1) is 16.4. The molecule has 0 aliphatic heterocycles. The van der Waals surface area contributed by atoms with Crippen molar-refractivity contribution in [2.45, 2.75) is 24.4 Å². The summed E-state index contributed by atoms with van der Waals surface area (Å²) < 4.78 is 4.66. The number of hydrogen-bond acceptors (Lipinski definition) is 8. The van der Waals surface area contributed by atoms with Crippen LogP contribution >= 0.6 is 0 Å². The summed E-state index contributed by atoms with van der Waals surface area (Å²) in [6, 6.07) is 0. The lowest BCUT2D eigenvalue weighted by atomic mass is 10.1. The zero-order chi connectivity index (χ0) is 13.4. The first-order valence-electron chi connectivity index (χ1n) is 4.98. The van der Waals surface area contributed by atoms with Gasteiger partial charge in [0, 0.05) is 0 Å². The SMILES string of the molecule is O=C(COCC(O)CO)C(O)C(O)C(O)CO. The van der Waals surface area contributed by atoms with Gasteiger partial charge in [0.2, 0.25) is 0 Å². The Labute approximate surface area is 97.7 Å². The Hall–Kier alpha value is -0.610. The highest BCUT2D eigenvalue weighted by molar-refractivity contribution is 5.84. The molecule has 0 spiro atoms. The Morgan fingerprint density at radius 2 is 1.65 bits per heavy atom. The van der Waals surface area contributed by atoms with Gasteiger partial charge < -0.3 is 35.4 Å². The molecular formula is C9H18O8. The number of ether oxygens (including phenoxy) is 1. The van der Waals surface area contributed by atoms with Crippen LogP contribution in [0.4, 0.5) is 0 Å². The van der Waals surface area contributed by atoms with E-state index in [0.29, 0.717) is 0 Å². The van der Waals surface area contributed by atoms with Crippen LogP contribution in [0.25, 0.3) is 0 Å². The van der Waals surface area contributed by atoms with Crippen molar-refractivity contribution in [1.29, 1.82) is 0 Å². The molecule has 0 saturated carbocycles. The lowest BCUT2D eigenvalue weighted by molar-refractivity contribution is -0.145. The predicted molar refractivity (Wildman–Crippen MR) is 54.0 cm³/mol. The van der Waals surface area contributed by atoms with Gasteiger partial charge >= 0.3 is 0 Å². The molecule has 0 saturated heterocycles. The smallest absolute Gasteiger partial charge is 0.189 e. The molecular weight excluding hydrogens is 236 g/mol. The van der Waals surface area contributed by atoms with E-state index in [-0.39, 0.29) is 6.61 Å². The largest absolute Gasteiger partial charge is 0.394 e. The molecule has 0 radical (unpaired) electrons. The van der Waals surface area contributed by atoms with Crippen molar-refractivity contribution in [1.82, 2.24) is 0 Å². The van der Waals surface area contributed by atoms with Gasteiger partial charge in [-0.1, -0.05) is 0 Å². The second kappa shape index (κ2) is 8.48. The molecule has 0 aromatic carbocycles. The maximum absolute atomic E-state index is 11.2. The van der Waals surface area contributed by atoms with Crippen molar-refractivity contribution < 1.29 is 40.2 Å². The maximum Gasteiger partial charge on any atom is 0.189 e. The quantitative estimate of drug-likeness (QED) is 0.244. The fraction of sp³-hybridized carbons (Fsp3) is 0.889. The van der Waals surface area contributed by atoms with E-state index in [0.717, 1.165) is 0 Å². The van der Waals surface area contributed by atoms with Gasteiger partial charge in [-0.15, -0.1) is 0 Å². The van der Waals surface area contributed by atoms with Crippen LogP contribution in [0.1, 0.15) is 0 Å². The number of carbonyl (C=O) groups is 1. The molecule has 102 valence electrons. The van der Waals surface area contributed by atoms with Crippen molar-refractivity contribution in [2.75, 3.05) is 26.4 Å². The van der Waals surface area contributed by atoms with Crippen molar-refractivity contribution >= 4 is 5.78 Å². The zero-order valence-corrected chi connectivity index (χ0v) is 9.14. The predicted octanol–water partition coefficient (Wildman–Crippen LogP) is -4.00. The van der Waals surface area contributed by atoms with Crippen LogP contribution in [0.3, 0.4) is 0 Å². The number of Topliss-reactive ketones (excluding diaryl/α,β-unsaturated/α-hetero) is 1. The van der Waals surface area contributed by atoms with E-state index in [1.807, 2.05) is 0 Å². The van der Waals surface area contributed by atoms with Crippen molar-refractivity contribution in [2.24, 2.45) is 0 Å². The normalized spacial score (nSPS) is 18.5. The Balaban J connectivity index is 3.97. The second-order valence-electron chi connectivity index (χ2n) is 3.50. The standard InChI is InChI=1S/C9H18O8/c10-1-5(12)3-17-4-7(14)9(16)8(15)6(13)2-11/h5-6,8-13,15-16H,1-4H2. The monoisotopic (exact) mass is 254 g/mol. The number of aliphatic hydroxyl groups is 6. The highest BCUT2D eigenvalue weighted by atomic mass is 16.5. The van der Waals surface area contributed by atoms with E-state index in [1.54, 1.807) is 0 Å². The van der Waals surface area contributed by atoms with E-state index in [9.17, 15) is 15.0 Å². The number of ketones is 1. The highest BCUT2D eigenvalue weighted by Crippen LogP contribution is 2.02. The molecule has 17 heavy (non-hydrogen) atoms. The van der Waals surface area contributed by atoms with E-state index in [2.05, 4.69) is 4.74 Å². The van der Waals surface area contributed by atoms with Crippen LogP contribution in [0.2, 0.25) is 0 Å². The third-order valence-corrected chi connectivity index (χ3v) is 2.00. The Bertz CT molecular complexity index is 221. The average Bonchev–Trinajstić information content (AvgIpc) is 2.35. The Kier molecular flexibility index (Phi) is 8.17.